The van der Waals surface area contributed by atoms with Crippen LogP contribution in [0, 0.1) is 29.6 Å². The molecular weight excluding hydrogens is 228 g/mol. The van der Waals surface area contributed by atoms with E-state index in [1.54, 1.807) is 12.1 Å². The molecule has 0 aromatic heterocycles. The molecular formula is C10H7BrN2. The fourth-order valence-electron chi connectivity index (χ4n) is 1.09. The molecule has 1 aromatic rings. The quantitative estimate of drug-likeness (QED) is 0.702. The van der Waals surface area contributed by atoms with Crippen molar-refractivity contribution in [3.8, 4) is 12.1 Å². The Labute approximate surface area is 85.5 Å². The van der Waals surface area contributed by atoms with Gasteiger partial charge >= 0.3 is 0 Å². The molecule has 64 valence electrons. The van der Waals surface area contributed by atoms with Gasteiger partial charge in [0.05, 0.1) is 23.3 Å². The molecule has 0 bridgehead atoms. The summed E-state index contributed by atoms with van der Waals surface area (Å²) in [6.45, 7) is 1.83. The summed E-state index contributed by atoms with van der Waals surface area (Å²) in [7, 11) is 0. The van der Waals surface area contributed by atoms with Crippen LogP contribution in [0.3, 0.4) is 0 Å². The number of hydrogen-bond acceptors (Lipinski definition) is 2. The van der Waals surface area contributed by atoms with Gasteiger partial charge in [-0.25, -0.2) is 0 Å². The van der Waals surface area contributed by atoms with Crippen molar-refractivity contribution in [1.29, 1.82) is 10.5 Å². The van der Waals surface area contributed by atoms with Crippen LogP contribution in [0.25, 0.3) is 0 Å². The first kappa shape index (κ1) is 9.77. The predicted octanol–water partition coefficient (Wildman–Crippen LogP) is 2.63. The molecule has 0 heterocycles. The first-order valence-electron chi connectivity index (χ1n) is 3.72. The minimum Gasteiger partial charge on any atom is -0.192 e. The van der Waals surface area contributed by atoms with Crippen LogP contribution in [-0.2, 0) is 5.33 Å². The first-order chi connectivity index (χ1) is 6.22. The number of benzene rings is 1. The molecule has 0 amide bonds. The Bertz CT molecular complexity index is 410. The van der Waals surface area contributed by atoms with E-state index >= 15 is 0 Å². The van der Waals surface area contributed by atoms with Crippen molar-refractivity contribution >= 4 is 15.9 Å². The third-order valence-electron chi connectivity index (χ3n) is 1.84. The van der Waals surface area contributed by atoms with Gasteiger partial charge in [0.15, 0.2) is 0 Å². The van der Waals surface area contributed by atoms with E-state index in [4.69, 9.17) is 10.5 Å². The monoisotopic (exact) mass is 234 g/mol. The van der Waals surface area contributed by atoms with E-state index in [9.17, 15) is 0 Å². The topological polar surface area (TPSA) is 47.6 Å². The van der Waals surface area contributed by atoms with Gasteiger partial charge < -0.3 is 0 Å². The molecule has 0 fully saturated rings. The molecule has 13 heavy (non-hydrogen) atoms. The number of nitriles is 2. The van der Waals surface area contributed by atoms with Gasteiger partial charge in [-0.15, -0.1) is 0 Å². The van der Waals surface area contributed by atoms with Crippen LogP contribution in [-0.4, -0.2) is 0 Å². The summed E-state index contributed by atoms with van der Waals surface area (Å²) in [6.07, 6.45) is 0. The lowest BCUT2D eigenvalue weighted by molar-refractivity contribution is 1.30. The minimum absolute atomic E-state index is 0.602. The van der Waals surface area contributed by atoms with E-state index in [1.807, 2.05) is 6.92 Å². The summed E-state index contributed by atoms with van der Waals surface area (Å²) >= 11 is 3.28. The Balaban J connectivity index is 3.39. The lowest BCUT2D eigenvalue weighted by atomic mass is 10.0. The molecule has 0 aliphatic rings. The molecule has 0 N–H and O–H groups in total. The Morgan fingerprint density at radius 2 is 1.85 bits per heavy atom. The number of aryl methyl sites for hydroxylation is 1. The highest BCUT2D eigenvalue weighted by Gasteiger charge is 2.05. The number of halogens is 1. The van der Waals surface area contributed by atoms with E-state index in [-0.39, 0.29) is 0 Å². The van der Waals surface area contributed by atoms with Gasteiger partial charge in [-0.3, -0.25) is 0 Å². The highest BCUT2D eigenvalue weighted by Crippen LogP contribution is 2.17. The number of hydrogen-bond donors (Lipinski definition) is 0. The number of nitrogens with zero attached hydrogens (tertiary/aromatic N) is 2. The van der Waals surface area contributed by atoms with Crippen molar-refractivity contribution in [3.63, 3.8) is 0 Å². The Kier molecular flexibility index (Phi) is 3.06. The Hall–Kier alpha value is -1.32. The number of rotatable bonds is 1. The van der Waals surface area contributed by atoms with Gasteiger partial charge in [0, 0.05) is 5.33 Å². The molecule has 0 unspecified atom stereocenters. The van der Waals surface area contributed by atoms with Gasteiger partial charge in [-0.1, -0.05) is 15.9 Å². The zero-order chi connectivity index (χ0) is 9.84. The van der Waals surface area contributed by atoms with Crippen molar-refractivity contribution in [1.82, 2.24) is 0 Å². The molecule has 0 saturated carbocycles. The average molecular weight is 235 g/mol. The predicted molar refractivity (Wildman–Crippen MR) is 53.2 cm³/mol. The molecule has 1 rings (SSSR count). The molecule has 3 heteroatoms. The fraction of sp³-hybridized carbons (Fsp3) is 0.200. The second kappa shape index (κ2) is 4.07. The summed E-state index contributed by atoms with van der Waals surface area (Å²) in [5, 5.41) is 18.1. The van der Waals surface area contributed by atoms with Crippen molar-refractivity contribution in [2.24, 2.45) is 0 Å². The molecule has 0 radical (unpaired) electrons. The maximum atomic E-state index is 8.78. The van der Waals surface area contributed by atoms with Crippen molar-refractivity contribution in [2.45, 2.75) is 12.3 Å². The standard InChI is InChI=1S/C10H7BrN2/c1-7-2-10(6-13)8(4-11)3-9(7)5-12/h2-3H,4H2,1H3. The Morgan fingerprint density at radius 1 is 1.23 bits per heavy atom. The van der Waals surface area contributed by atoms with E-state index < -0.39 is 0 Å². The number of alkyl halides is 1. The SMILES string of the molecule is Cc1cc(C#N)c(CBr)cc1C#N. The largest absolute Gasteiger partial charge is 0.192 e. The summed E-state index contributed by atoms with van der Waals surface area (Å²) < 4.78 is 0. The summed E-state index contributed by atoms with van der Waals surface area (Å²) in [5.41, 5.74) is 2.98. The Morgan fingerprint density at radius 3 is 2.31 bits per heavy atom. The van der Waals surface area contributed by atoms with Gasteiger partial charge in [0.2, 0.25) is 0 Å². The molecule has 0 saturated heterocycles. The fourth-order valence-corrected chi connectivity index (χ4v) is 1.55. The van der Waals surface area contributed by atoms with Gasteiger partial charge in [-0.2, -0.15) is 10.5 Å². The molecule has 2 nitrogen and oxygen atoms in total. The van der Waals surface area contributed by atoms with E-state index in [1.165, 1.54) is 0 Å². The summed E-state index contributed by atoms with van der Waals surface area (Å²) in [4.78, 5) is 0. The second-order valence-electron chi connectivity index (χ2n) is 2.68. The lowest BCUT2D eigenvalue weighted by Crippen LogP contribution is -1.91. The maximum Gasteiger partial charge on any atom is 0.0994 e. The van der Waals surface area contributed by atoms with E-state index in [2.05, 4.69) is 28.1 Å². The van der Waals surface area contributed by atoms with Gasteiger partial charge in [0.25, 0.3) is 0 Å². The van der Waals surface area contributed by atoms with E-state index in [0.29, 0.717) is 16.5 Å². The minimum atomic E-state index is 0.602. The van der Waals surface area contributed by atoms with Crippen LogP contribution in [0.2, 0.25) is 0 Å². The smallest absolute Gasteiger partial charge is 0.0994 e. The highest BCUT2D eigenvalue weighted by molar-refractivity contribution is 9.08. The van der Waals surface area contributed by atoms with Crippen molar-refractivity contribution < 1.29 is 0 Å². The first-order valence-corrected chi connectivity index (χ1v) is 4.84. The summed E-state index contributed by atoms with van der Waals surface area (Å²) in [5.74, 6) is 0. The van der Waals surface area contributed by atoms with Crippen molar-refractivity contribution in [2.75, 3.05) is 0 Å². The van der Waals surface area contributed by atoms with Crippen LogP contribution in [0.4, 0.5) is 0 Å². The molecule has 0 atom stereocenters. The molecule has 1 aromatic carbocycles. The van der Waals surface area contributed by atoms with Gasteiger partial charge in [0.1, 0.15) is 0 Å². The lowest BCUT2D eigenvalue weighted by Gasteiger charge is -2.02. The third kappa shape index (κ3) is 1.88. The van der Waals surface area contributed by atoms with Crippen molar-refractivity contribution in [3.05, 3.63) is 34.4 Å². The summed E-state index contributed by atoms with van der Waals surface area (Å²) in [6, 6.07) is 7.69. The van der Waals surface area contributed by atoms with Crippen LogP contribution >= 0.6 is 15.9 Å². The highest BCUT2D eigenvalue weighted by atomic mass is 79.9. The molecule has 0 aliphatic carbocycles. The maximum absolute atomic E-state index is 8.78. The normalized spacial score (nSPS) is 8.92. The van der Waals surface area contributed by atoms with E-state index in [0.717, 1.165) is 11.1 Å². The average Bonchev–Trinajstić information content (AvgIpc) is 2.17. The zero-order valence-corrected chi connectivity index (χ0v) is 8.72. The molecule has 0 aliphatic heterocycles. The molecule has 0 spiro atoms. The van der Waals surface area contributed by atoms with Crippen LogP contribution in [0.1, 0.15) is 22.3 Å². The zero-order valence-electron chi connectivity index (χ0n) is 7.13. The van der Waals surface area contributed by atoms with Crippen LogP contribution in [0.15, 0.2) is 12.1 Å². The van der Waals surface area contributed by atoms with Crippen LogP contribution < -0.4 is 0 Å². The van der Waals surface area contributed by atoms with Gasteiger partial charge in [-0.05, 0) is 30.2 Å². The van der Waals surface area contributed by atoms with Crippen LogP contribution in [0.5, 0.6) is 0 Å². The third-order valence-corrected chi connectivity index (χ3v) is 2.44. The second-order valence-corrected chi connectivity index (χ2v) is 3.24.